The molecule has 2 heterocycles. The van der Waals surface area contributed by atoms with E-state index in [0.717, 1.165) is 16.9 Å². The minimum Gasteiger partial charge on any atom is -0.343 e. The van der Waals surface area contributed by atoms with E-state index in [4.69, 9.17) is 0 Å². The Labute approximate surface area is 275 Å². The molecule has 2 saturated heterocycles. The van der Waals surface area contributed by atoms with Crippen molar-refractivity contribution >= 4 is 29.5 Å². The summed E-state index contributed by atoms with van der Waals surface area (Å²) < 4.78 is 0. The number of nitrogens with one attached hydrogen (secondary N) is 2. The van der Waals surface area contributed by atoms with Crippen molar-refractivity contribution in [1.29, 1.82) is 0 Å². The number of likely N-dealkylation sites (tertiary alicyclic amines) is 2. The second-order valence-corrected chi connectivity index (χ2v) is 14.0. The molecule has 3 rings (SSSR count). The van der Waals surface area contributed by atoms with E-state index in [2.05, 4.69) is 10.6 Å². The predicted molar refractivity (Wildman–Crippen MR) is 178 cm³/mol. The number of amides is 5. The summed E-state index contributed by atoms with van der Waals surface area (Å²) in [6.45, 7) is 12.8. The highest BCUT2D eigenvalue weighted by atomic mass is 16.2. The first-order chi connectivity index (χ1) is 21.7. The van der Waals surface area contributed by atoms with Crippen LogP contribution in [0.3, 0.4) is 0 Å². The van der Waals surface area contributed by atoms with Gasteiger partial charge in [0.15, 0.2) is 0 Å². The van der Waals surface area contributed by atoms with Gasteiger partial charge in [0.25, 0.3) is 17.7 Å². The van der Waals surface area contributed by atoms with Crippen molar-refractivity contribution in [2.24, 2.45) is 17.8 Å². The second kappa shape index (κ2) is 16.6. The van der Waals surface area contributed by atoms with Gasteiger partial charge in [-0.25, -0.2) is 4.90 Å². The molecule has 256 valence electrons. The molecule has 0 spiro atoms. The third kappa shape index (κ3) is 8.60. The maximum Gasteiger partial charge on any atom is 0.258 e. The van der Waals surface area contributed by atoms with Gasteiger partial charge in [-0.1, -0.05) is 71.9 Å². The summed E-state index contributed by atoms with van der Waals surface area (Å²) in [6.07, 6.45) is 2.18. The topological polar surface area (TPSA) is 122 Å². The molecule has 0 aliphatic carbocycles. The van der Waals surface area contributed by atoms with E-state index in [9.17, 15) is 24.0 Å². The summed E-state index contributed by atoms with van der Waals surface area (Å²) in [7, 11) is 5.32. The van der Waals surface area contributed by atoms with Gasteiger partial charge >= 0.3 is 0 Å². The van der Waals surface area contributed by atoms with Crippen LogP contribution < -0.4 is 10.6 Å². The third-order valence-electron chi connectivity index (χ3n) is 9.29. The van der Waals surface area contributed by atoms with Crippen LogP contribution >= 0.6 is 0 Å². The van der Waals surface area contributed by atoms with E-state index in [0.29, 0.717) is 38.9 Å². The number of hydrogen-bond acceptors (Lipinski definition) is 8. The molecule has 0 aromatic heterocycles. The Morgan fingerprint density at radius 2 is 1.37 bits per heavy atom. The van der Waals surface area contributed by atoms with Crippen LogP contribution in [0.25, 0.3) is 0 Å². The molecule has 0 radical (unpaired) electrons. The van der Waals surface area contributed by atoms with Crippen molar-refractivity contribution < 1.29 is 24.0 Å². The van der Waals surface area contributed by atoms with Gasteiger partial charge < -0.3 is 15.5 Å². The van der Waals surface area contributed by atoms with Gasteiger partial charge in [0.1, 0.15) is 12.1 Å². The summed E-state index contributed by atoms with van der Waals surface area (Å²) in [4.78, 5) is 76.9. The summed E-state index contributed by atoms with van der Waals surface area (Å²) in [6, 6.07) is 6.02. The summed E-state index contributed by atoms with van der Waals surface area (Å²) in [5, 5.41) is 5.96. The van der Waals surface area contributed by atoms with Gasteiger partial charge in [0.05, 0.1) is 18.1 Å². The third-order valence-corrected chi connectivity index (χ3v) is 9.29. The van der Waals surface area contributed by atoms with E-state index in [-0.39, 0.29) is 23.7 Å². The van der Waals surface area contributed by atoms with Crippen LogP contribution in [0.4, 0.5) is 0 Å². The SMILES string of the molecule is CN[C@H](C(=O)N1CCCC1C(=O)N(C(=O)[C@@H](NC(=O)[C@H](C(C)C)N(C)C)C(C)C)C(=O)[C@@H]1CCCN1Cc1ccccc1)C(C)C. The molecule has 1 aromatic rings. The Morgan fingerprint density at radius 3 is 1.91 bits per heavy atom. The maximum absolute atomic E-state index is 14.5. The molecule has 5 atom stereocenters. The van der Waals surface area contributed by atoms with Crippen LogP contribution in [0, 0.1) is 17.8 Å². The van der Waals surface area contributed by atoms with Crippen molar-refractivity contribution in [1.82, 2.24) is 30.2 Å². The van der Waals surface area contributed by atoms with Crippen LogP contribution in [0.2, 0.25) is 0 Å². The van der Waals surface area contributed by atoms with E-state index in [1.54, 1.807) is 39.9 Å². The van der Waals surface area contributed by atoms with Crippen molar-refractivity contribution in [2.45, 2.75) is 104 Å². The van der Waals surface area contributed by atoms with Gasteiger partial charge in [-0.3, -0.25) is 33.8 Å². The summed E-state index contributed by atoms with van der Waals surface area (Å²) in [5.41, 5.74) is 1.03. The van der Waals surface area contributed by atoms with Crippen LogP contribution in [0.15, 0.2) is 30.3 Å². The van der Waals surface area contributed by atoms with Crippen molar-refractivity contribution in [3.05, 3.63) is 35.9 Å². The van der Waals surface area contributed by atoms with Gasteiger partial charge in [-0.2, -0.15) is 0 Å². The fourth-order valence-corrected chi connectivity index (χ4v) is 6.97. The predicted octanol–water partition coefficient (Wildman–Crippen LogP) is 2.49. The number of benzene rings is 1. The van der Waals surface area contributed by atoms with E-state index < -0.39 is 53.8 Å². The molecule has 46 heavy (non-hydrogen) atoms. The largest absolute Gasteiger partial charge is 0.343 e. The maximum atomic E-state index is 14.5. The highest BCUT2D eigenvalue weighted by Gasteiger charge is 2.48. The summed E-state index contributed by atoms with van der Waals surface area (Å²) >= 11 is 0. The number of carbonyl (C=O) groups excluding carboxylic acids is 5. The molecule has 0 saturated carbocycles. The molecule has 2 N–H and O–H groups in total. The number of imide groups is 3. The smallest absolute Gasteiger partial charge is 0.258 e. The molecule has 11 heteroatoms. The number of hydrogen-bond donors (Lipinski definition) is 2. The van der Waals surface area contributed by atoms with Crippen LogP contribution in [0.5, 0.6) is 0 Å². The van der Waals surface area contributed by atoms with Crippen LogP contribution in [-0.4, -0.2) is 114 Å². The van der Waals surface area contributed by atoms with Gasteiger partial charge in [0.2, 0.25) is 11.8 Å². The highest BCUT2D eigenvalue weighted by Crippen LogP contribution is 2.27. The average Bonchev–Trinajstić information content (AvgIpc) is 3.66. The Kier molecular flexibility index (Phi) is 13.5. The number of carbonyl (C=O) groups is 5. The Bertz CT molecular complexity index is 1210. The first-order valence-corrected chi connectivity index (χ1v) is 16.8. The Hall–Kier alpha value is -3.15. The van der Waals surface area contributed by atoms with Crippen molar-refractivity contribution in [3.63, 3.8) is 0 Å². The lowest BCUT2D eigenvalue weighted by atomic mass is 9.98. The number of nitrogens with zero attached hydrogens (tertiary/aromatic N) is 4. The fourth-order valence-electron chi connectivity index (χ4n) is 6.97. The Balaban J connectivity index is 2.02. The molecule has 5 amide bonds. The van der Waals surface area contributed by atoms with Gasteiger partial charge in [0, 0.05) is 13.1 Å². The lowest BCUT2D eigenvalue weighted by Gasteiger charge is -2.36. The highest BCUT2D eigenvalue weighted by molar-refractivity contribution is 6.16. The zero-order valence-corrected chi connectivity index (χ0v) is 29.3. The minimum absolute atomic E-state index is 0.0237. The molecule has 2 aliphatic heterocycles. The normalized spacial score (nSPS) is 20.8. The molecule has 2 fully saturated rings. The number of rotatable bonds is 13. The minimum atomic E-state index is -1.11. The number of likely N-dealkylation sites (N-methyl/N-ethyl adjacent to an activating group) is 2. The van der Waals surface area contributed by atoms with Crippen molar-refractivity contribution in [2.75, 3.05) is 34.2 Å². The lowest BCUT2D eigenvalue weighted by molar-refractivity contribution is -0.162. The molecule has 1 aromatic carbocycles. The Morgan fingerprint density at radius 1 is 0.804 bits per heavy atom. The molecule has 11 nitrogen and oxygen atoms in total. The first kappa shape index (κ1) is 37.3. The van der Waals surface area contributed by atoms with E-state index in [1.807, 2.05) is 62.9 Å². The molecule has 2 aliphatic rings. The van der Waals surface area contributed by atoms with Gasteiger partial charge in [-0.15, -0.1) is 0 Å². The van der Waals surface area contributed by atoms with Crippen LogP contribution in [0.1, 0.15) is 72.8 Å². The van der Waals surface area contributed by atoms with E-state index in [1.165, 1.54) is 4.90 Å². The molecular weight excluding hydrogens is 584 g/mol. The standard InChI is InChI=1S/C35H56N6O5/c1-22(2)28(36-7)34(45)40-20-14-18-27(40)33(44)41(32(43)26-17-13-19-39(26)21-25-15-11-10-12-16-25)35(46)29(23(3)4)37-31(42)30(24(5)6)38(8)9/h10-12,15-16,22-24,26-30,36H,13-14,17-21H2,1-9H3,(H,37,42)/t26-,27?,28-,29-,30-/m0/s1. The zero-order chi connectivity index (χ0) is 34.3. The quantitative estimate of drug-likeness (QED) is 0.316. The first-order valence-electron chi connectivity index (χ1n) is 16.8. The lowest BCUT2D eigenvalue weighted by Crippen LogP contribution is -2.63. The zero-order valence-electron chi connectivity index (χ0n) is 29.3. The monoisotopic (exact) mass is 640 g/mol. The van der Waals surface area contributed by atoms with Crippen LogP contribution in [-0.2, 0) is 30.5 Å². The van der Waals surface area contributed by atoms with Crippen molar-refractivity contribution in [3.8, 4) is 0 Å². The van der Waals surface area contributed by atoms with Gasteiger partial charge in [-0.05, 0) is 76.7 Å². The fraction of sp³-hybridized carbons (Fsp3) is 0.686. The summed E-state index contributed by atoms with van der Waals surface area (Å²) in [5.74, 6) is -3.08. The van der Waals surface area contributed by atoms with E-state index >= 15 is 0 Å². The molecule has 1 unspecified atom stereocenters. The molecule has 0 bridgehead atoms. The second-order valence-electron chi connectivity index (χ2n) is 14.0. The average molecular weight is 641 g/mol. The molecular formula is C35H56N6O5.